The minimum absolute atomic E-state index is 0.210. The molecule has 0 saturated carbocycles. The van der Waals surface area contributed by atoms with Crippen LogP contribution in [-0.4, -0.2) is 35.1 Å². The van der Waals surface area contributed by atoms with E-state index in [9.17, 15) is 14.4 Å². The third kappa shape index (κ3) is 3.86. The molecule has 0 spiro atoms. The van der Waals surface area contributed by atoms with Crippen molar-refractivity contribution in [3.63, 3.8) is 0 Å². The lowest BCUT2D eigenvalue weighted by Crippen LogP contribution is -2.37. The maximum absolute atomic E-state index is 12.9. The lowest BCUT2D eigenvalue weighted by molar-refractivity contribution is -0.163. The van der Waals surface area contributed by atoms with Gasteiger partial charge in [-0.1, -0.05) is 65.3 Å². The Labute approximate surface area is 160 Å². The number of carbonyl (C=O) groups excluding carboxylic acids is 3. The highest BCUT2D eigenvalue weighted by molar-refractivity contribution is 9.10. The zero-order valence-corrected chi connectivity index (χ0v) is 16.0. The molecule has 2 aromatic carbocycles. The molecule has 1 fully saturated rings. The molecular weight excluding hydrogens is 398 g/mol. The molecule has 0 radical (unpaired) electrons. The number of ketones is 1. The predicted molar refractivity (Wildman–Crippen MR) is 102 cm³/mol. The van der Waals surface area contributed by atoms with Crippen LogP contribution >= 0.6 is 15.9 Å². The monoisotopic (exact) mass is 417 g/mol. The number of fused-ring (bicyclic) bond motifs is 1. The van der Waals surface area contributed by atoms with E-state index in [0.717, 1.165) is 23.7 Å². The van der Waals surface area contributed by atoms with Crippen LogP contribution in [0.4, 0.5) is 0 Å². The Hall–Kier alpha value is -2.05. The SMILES string of the molecule is CC(C(=O)OC(=O)[C@@H]1CCCN1)C(Br)C(=O)c1cccc2ccccc12. The van der Waals surface area contributed by atoms with Crippen LogP contribution in [-0.2, 0) is 14.3 Å². The molecule has 2 aromatic rings. The Kier molecular flexibility index (Phi) is 5.84. The fourth-order valence-electron chi connectivity index (χ4n) is 3.08. The van der Waals surface area contributed by atoms with Gasteiger partial charge in [0, 0.05) is 5.56 Å². The van der Waals surface area contributed by atoms with E-state index >= 15 is 0 Å². The third-order valence-corrected chi connectivity index (χ3v) is 5.87. The summed E-state index contributed by atoms with van der Waals surface area (Å²) >= 11 is 3.33. The summed E-state index contributed by atoms with van der Waals surface area (Å²) in [6.45, 7) is 2.32. The van der Waals surface area contributed by atoms with Gasteiger partial charge in [0.25, 0.3) is 0 Å². The highest BCUT2D eigenvalue weighted by Gasteiger charge is 2.33. The molecule has 2 unspecified atom stereocenters. The lowest BCUT2D eigenvalue weighted by atomic mass is 9.95. The Balaban J connectivity index is 1.72. The molecule has 26 heavy (non-hydrogen) atoms. The summed E-state index contributed by atoms with van der Waals surface area (Å²) in [5.74, 6) is -2.26. The summed E-state index contributed by atoms with van der Waals surface area (Å²) in [6, 6.07) is 12.6. The number of halogens is 1. The van der Waals surface area contributed by atoms with Gasteiger partial charge in [0.2, 0.25) is 0 Å². The van der Waals surface area contributed by atoms with Crippen LogP contribution in [0.1, 0.15) is 30.1 Å². The molecule has 136 valence electrons. The summed E-state index contributed by atoms with van der Waals surface area (Å²) in [4.78, 5) is 36.4. The van der Waals surface area contributed by atoms with Crippen molar-refractivity contribution in [2.24, 2.45) is 5.92 Å². The van der Waals surface area contributed by atoms with Crippen LogP contribution in [0.5, 0.6) is 0 Å². The average molecular weight is 418 g/mol. The Morgan fingerprint density at radius 3 is 2.62 bits per heavy atom. The molecular formula is C20H20BrNO4. The van der Waals surface area contributed by atoms with Gasteiger partial charge in [-0.15, -0.1) is 0 Å². The topological polar surface area (TPSA) is 72.5 Å². The second kappa shape index (κ2) is 8.10. The van der Waals surface area contributed by atoms with Crippen molar-refractivity contribution in [1.29, 1.82) is 0 Å². The Morgan fingerprint density at radius 1 is 1.15 bits per heavy atom. The largest absolute Gasteiger partial charge is 0.392 e. The van der Waals surface area contributed by atoms with Gasteiger partial charge in [0.15, 0.2) is 5.78 Å². The number of esters is 2. The number of benzene rings is 2. The van der Waals surface area contributed by atoms with E-state index in [0.29, 0.717) is 12.0 Å². The van der Waals surface area contributed by atoms with Crippen molar-refractivity contribution in [3.8, 4) is 0 Å². The summed E-state index contributed by atoms with van der Waals surface area (Å²) in [6.07, 6.45) is 1.54. The molecule has 1 aliphatic heterocycles. The standard InChI is InChI=1S/C20H20BrNO4/c1-12(19(24)26-20(25)16-10-5-11-22-16)17(21)18(23)15-9-4-7-13-6-2-3-8-14(13)15/h2-4,6-9,12,16-17,22H,5,10-11H2,1H3/t12?,16-,17?/m0/s1. The van der Waals surface area contributed by atoms with Crippen molar-refractivity contribution in [2.75, 3.05) is 6.54 Å². The molecule has 1 heterocycles. The van der Waals surface area contributed by atoms with E-state index < -0.39 is 28.7 Å². The smallest absolute Gasteiger partial charge is 0.330 e. The molecule has 0 aliphatic carbocycles. The summed E-state index contributed by atoms with van der Waals surface area (Å²) in [7, 11) is 0. The van der Waals surface area contributed by atoms with Crippen molar-refractivity contribution >= 4 is 44.4 Å². The minimum Gasteiger partial charge on any atom is -0.392 e. The van der Waals surface area contributed by atoms with Crippen LogP contribution in [0, 0.1) is 5.92 Å². The fraction of sp³-hybridized carbons (Fsp3) is 0.350. The first-order valence-corrected chi connectivity index (χ1v) is 9.55. The molecule has 1 saturated heterocycles. The highest BCUT2D eigenvalue weighted by Crippen LogP contribution is 2.25. The van der Waals surface area contributed by atoms with Crippen molar-refractivity contribution in [3.05, 3.63) is 48.0 Å². The first kappa shape index (κ1) is 18.7. The first-order chi connectivity index (χ1) is 12.5. The minimum atomic E-state index is -0.785. The summed E-state index contributed by atoms with van der Waals surface area (Å²) in [5, 5.41) is 4.78. The number of alkyl halides is 1. The summed E-state index contributed by atoms with van der Waals surface area (Å²) < 4.78 is 4.97. The number of rotatable bonds is 5. The number of hydrogen-bond acceptors (Lipinski definition) is 5. The van der Waals surface area contributed by atoms with E-state index in [1.54, 1.807) is 13.0 Å². The van der Waals surface area contributed by atoms with E-state index in [1.807, 2.05) is 36.4 Å². The molecule has 1 N–H and O–H groups in total. The lowest BCUT2D eigenvalue weighted by Gasteiger charge is -2.17. The number of nitrogens with one attached hydrogen (secondary N) is 1. The normalized spacial score (nSPS) is 19.1. The molecule has 5 nitrogen and oxygen atoms in total. The summed E-state index contributed by atoms with van der Waals surface area (Å²) in [5.41, 5.74) is 0.536. The van der Waals surface area contributed by atoms with Gasteiger partial charge < -0.3 is 10.1 Å². The van der Waals surface area contributed by atoms with E-state index in [4.69, 9.17) is 4.74 Å². The fourth-order valence-corrected chi connectivity index (χ4v) is 3.55. The quantitative estimate of drug-likeness (QED) is 0.349. The zero-order valence-electron chi connectivity index (χ0n) is 14.4. The van der Waals surface area contributed by atoms with Crippen LogP contribution in [0.3, 0.4) is 0 Å². The molecule has 3 rings (SSSR count). The van der Waals surface area contributed by atoms with Crippen LogP contribution in [0.25, 0.3) is 10.8 Å². The van der Waals surface area contributed by atoms with Gasteiger partial charge in [-0.25, -0.2) is 4.79 Å². The van der Waals surface area contributed by atoms with Gasteiger partial charge in [0.1, 0.15) is 6.04 Å². The second-order valence-corrected chi connectivity index (χ2v) is 7.46. The molecule has 0 aromatic heterocycles. The number of carbonyl (C=O) groups is 3. The Bertz CT molecular complexity index is 839. The first-order valence-electron chi connectivity index (χ1n) is 8.64. The van der Waals surface area contributed by atoms with Gasteiger partial charge in [-0.05, 0) is 30.2 Å². The van der Waals surface area contributed by atoms with Gasteiger partial charge in [-0.3, -0.25) is 9.59 Å². The third-order valence-electron chi connectivity index (χ3n) is 4.66. The predicted octanol–water partition coefficient (Wildman–Crippen LogP) is 3.24. The van der Waals surface area contributed by atoms with Crippen LogP contribution in [0.2, 0.25) is 0 Å². The molecule has 6 heteroatoms. The number of ether oxygens (including phenoxy) is 1. The molecule has 1 aliphatic rings. The van der Waals surface area contributed by atoms with Gasteiger partial charge in [-0.2, -0.15) is 0 Å². The number of Topliss-reactive ketones (excluding diaryl/α,β-unsaturated/α-hetero) is 1. The molecule has 0 bridgehead atoms. The van der Waals surface area contributed by atoms with Gasteiger partial charge >= 0.3 is 11.9 Å². The zero-order chi connectivity index (χ0) is 18.7. The average Bonchev–Trinajstić information content (AvgIpc) is 3.20. The molecule has 0 amide bonds. The maximum atomic E-state index is 12.9. The van der Waals surface area contributed by atoms with Crippen LogP contribution in [0.15, 0.2) is 42.5 Å². The molecule has 3 atom stereocenters. The Morgan fingerprint density at radius 2 is 1.88 bits per heavy atom. The van der Waals surface area contributed by atoms with Crippen LogP contribution < -0.4 is 5.32 Å². The van der Waals surface area contributed by atoms with E-state index in [-0.39, 0.29) is 5.78 Å². The second-order valence-electron chi connectivity index (χ2n) is 6.47. The van der Waals surface area contributed by atoms with Gasteiger partial charge in [0.05, 0.1) is 10.7 Å². The van der Waals surface area contributed by atoms with Crippen molar-refractivity contribution in [1.82, 2.24) is 5.32 Å². The van der Waals surface area contributed by atoms with Crippen molar-refractivity contribution < 1.29 is 19.1 Å². The maximum Gasteiger partial charge on any atom is 0.330 e. The van der Waals surface area contributed by atoms with Crippen molar-refractivity contribution in [2.45, 2.75) is 30.6 Å². The highest BCUT2D eigenvalue weighted by atomic mass is 79.9. The number of hydrogen-bond donors (Lipinski definition) is 1. The van der Waals surface area contributed by atoms with E-state index in [2.05, 4.69) is 21.2 Å². The van der Waals surface area contributed by atoms with E-state index in [1.165, 1.54) is 0 Å².